The summed E-state index contributed by atoms with van der Waals surface area (Å²) in [5.41, 5.74) is 0.874. The van der Waals surface area contributed by atoms with Gasteiger partial charge < -0.3 is 10.1 Å². The molecule has 0 spiro atoms. The van der Waals surface area contributed by atoms with Gasteiger partial charge >= 0.3 is 0 Å². The van der Waals surface area contributed by atoms with E-state index in [1.54, 1.807) is 0 Å². The highest BCUT2D eigenvalue weighted by Gasteiger charge is 2.63. The van der Waals surface area contributed by atoms with Gasteiger partial charge in [-0.25, -0.2) is 0 Å². The second-order valence-electron chi connectivity index (χ2n) is 6.43. The fourth-order valence-corrected chi connectivity index (χ4v) is 2.41. The zero-order chi connectivity index (χ0) is 10.8. The lowest BCUT2D eigenvalue weighted by Crippen LogP contribution is -2.23. The molecule has 2 rings (SSSR count). The highest BCUT2D eigenvalue weighted by atomic mass is 16.6. The van der Waals surface area contributed by atoms with Gasteiger partial charge in [0, 0.05) is 11.1 Å². The lowest BCUT2D eigenvalue weighted by Gasteiger charge is -2.14. The highest BCUT2D eigenvalue weighted by Crippen LogP contribution is 2.53. The lowest BCUT2D eigenvalue weighted by atomic mass is 9.86. The number of epoxide rings is 1. The smallest absolute Gasteiger partial charge is 0.0947 e. The van der Waals surface area contributed by atoms with Gasteiger partial charge in [-0.15, -0.1) is 0 Å². The minimum Gasteiger partial charge on any atom is -0.363 e. The van der Waals surface area contributed by atoms with Crippen LogP contribution in [-0.2, 0) is 4.74 Å². The predicted octanol–water partition coefficient (Wildman–Crippen LogP) is 2.47. The van der Waals surface area contributed by atoms with Crippen molar-refractivity contribution in [3.05, 3.63) is 0 Å². The van der Waals surface area contributed by atoms with Crippen molar-refractivity contribution >= 4 is 0 Å². The zero-order valence-electron chi connectivity index (χ0n) is 10.3. The molecule has 0 bridgehead atoms. The van der Waals surface area contributed by atoms with Crippen molar-refractivity contribution in [2.45, 2.75) is 76.7 Å². The third-order valence-corrected chi connectivity index (χ3v) is 4.72. The molecule has 82 valence electrons. The predicted molar refractivity (Wildman–Crippen MR) is 58.4 cm³/mol. The van der Waals surface area contributed by atoms with Crippen molar-refractivity contribution in [2.24, 2.45) is 0 Å². The quantitative estimate of drug-likeness (QED) is 0.705. The minimum absolute atomic E-state index is 0.0996. The number of nitrogens with one attached hydrogen (secondary N) is 1. The van der Waals surface area contributed by atoms with Crippen molar-refractivity contribution in [2.75, 3.05) is 0 Å². The highest BCUT2D eigenvalue weighted by molar-refractivity contribution is 5.21. The Bertz CT molecular complexity index is 243. The molecule has 0 saturated carbocycles. The summed E-state index contributed by atoms with van der Waals surface area (Å²) in [6.07, 6.45) is 2.37. The molecule has 1 N–H and O–H groups in total. The molecule has 2 fully saturated rings. The van der Waals surface area contributed by atoms with Crippen molar-refractivity contribution < 1.29 is 4.74 Å². The maximum Gasteiger partial charge on any atom is 0.0947 e. The largest absolute Gasteiger partial charge is 0.363 e. The monoisotopic (exact) mass is 197 g/mol. The van der Waals surface area contributed by atoms with E-state index in [0.29, 0.717) is 11.1 Å². The van der Waals surface area contributed by atoms with Gasteiger partial charge in [0.15, 0.2) is 0 Å². The lowest BCUT2D eigenvalue weighted by molar-refractivity contribution is 0.269. The SMILES string of the molecule is CC1(C)NC1(C)CCC1(C)OC1(C)C. The minimum atomic E-state index is 0.0996. The van der Waals surface area contributed by atoms with Crippen LogP contribution in [-0.4, -0.2) is 22.3 Å². The Morgan fingerprint density at radius 1 is 0.929 bits per heavy atom. The molecular formula is C12H23NO. The summed E-state index contributed by atoms with van der Waals surface area (Å²) in [6, 6.07) is 0. The van der Waals surface area contributed by atoms with E-state index >= 15 is 0 Å². The molecule has 2 atom stereocenters. The fourth-order valence-electron chi connectivity index (χ4n) is 2.41. The second kappa shape index (κ2) is 2.35. The normalized spacial score (nSPS) is 47.6. The molecule has 0 amide bonds. The van der Waals surface area contributed by atoms with Gasteiger partial charge in [-0.3, -0.25) is 0 Å². The van der Waals surface area contributed by atoms with E-state index in [4.69, 9.17) is 4.74 Å². The van der Waals surface area contributed by atoms with Crippen LogP contribution in [0.3, 0.4) is 0 Å². The summed E-state index contributed by atoms with van der Waals surface area (Å²) < 4.78 is 5.76. The van der Waals surface area contributed by atoms with Crippen LogP contribution in [0.15, 0.2) is 0 Å². The molecule has 14 heavy (non-hydrogen) atoms. The van der Waals surface area contributed by atoms with E-state index in [2.05, 4.69) is 46.9 Å². The second-order valence-corrected chi connectivity index (χ2v) is 6.43. The van der Waals surface area contributed by atoms with Crippen molar-refractivity contribution in [1.82, 2.24) is 5.32 Å². The topological polar surface area (TPSA) is 34.5 Å². The van der Waals surface area contributed by atoms with Crippen LogP contribution in [0.1, 0.15) is 54.4 Å². The summed E-state index contributed by atoms with van der Waals surface area (Å²) >= 11 is 0. The molecule has 0 aromatic heterocycles. The van der Waals surface area contributed by atoms with E-state index in [0.717, 1.165) is 6.42 Å². The van der Waals surface area contributed by atoms with Gasteiger partial charge in [-0.1, -0.05) is 0 Å². The molecule has 0 aromatic rings. The van der Waals surface area contributed by atoms with Gasteiger partial charge in [0.2, 0.25) is 0 Å². The molecule has 0 radical (unpaired) electrons. The molecule has 0 aromatic carbocycles. The first kappa shape index (κ1) is 10.4. The molecule has 2 saturated heterocycles. The first-order valence-corrected chi connectivity index (χ1v) is 5.62. The van der Waals surface area contributed by atoms with Crippen molar-refractivity contribution in [1.29, 1.82) is 0 Å². The zero-order valence-corrected chi connectivity index (χ0v) is 10.3. The molecule has 2 nitrogen and oxygen atoms in total. The van der Waals surface area contributed by atoms with Crippen LogP contribution in [0, 0.1) is 0 Å². The molecule has 2 heteroatoms. The number of rotatable bonds is 3. The Kier molecular flexibility index (Phi) is 1.76. The summed E-state index contributed by atoms with van der Waals surface area (Å²) in [5, 5.41) is 3.56. The van der Waals surface area contributed by atoms with E-state index in [9.17, 15) is 0 Å². The van der Waals surface area contributed by atoms with E-state index in [1.807, 2.05) is 0 Å². The molecule has 2 unspecified atom stereocenters. The third-order valence-electron chi connectivity index (χ3n) is 4.72. The average Bonchev–Trinajstić information content (AvgIpc) is 2.66. The summed E-state index contributed by atoms with van der Waals surface area (Å²) in [7, 11) is 0. The van der Waals surface area contributed by atoms with Gasteiger partial charge in [0.1, 0.15) is 0 Å². The standard InChI is InChI=1S/C12H23NO/c1-9(2)11(5,13-9)7-8-12(6)10(3,4)14-12/h13H,7-8H2,1-6H3. The Morgan fingerprint density at radius 3 is 1.64 bits per heavy atom. The van der Waals surface area contributed by atoms with Crippen LogP contribution in [0.25, 0.3) is 0 Å². The Hall–Kier alpha value is -0.0800. The maximum atomic E-state index is 5.76. The van der Waals surface area contributed by atoms with Crippen LogP contribution >= 0.6 is 0 Å². The first-order valence-electron chi connectivity index (χ1n) is 5.62. The first-order chi connectivity index (χ1) is 6.12. The Balaban J connectivity index is 1.86. The summed E-state index contributed by atoms with van der Waals surface area (Å²) in [6.45, 7) is 13.4. The molecule has 2 aliphatic heterocycles. The fraction of sp³-hybridized carbons (Fsp3) is 1.00. The van der Waals surface area contributed by atoms with Crippen LogP contribution in [0.5, 0.6) is 0 Å². The van der Waals surface area contributed by atoms with E-state index in [-0.39, 0.29) is 11.2 Å². The maximum absolute atomic E-state index is 5.76. The van der Waals surface area contributed by atoms with Gasteiger partial charge in [0.25, 0.3) is 0 Å². The Morgan fingerprint density at radius 2 is 1.36 bits per heavy atom. The molecule has 2 aliphatic rings. The van der Waals surface area contributed by atoms with Crippen LogP contribution < -0.4 is 5.32 Å². The number of hydrogen-bond donors (Lipinski definition) is 1. The molecule has 0 aliphatic carbocycles. The van der Waals surface area contributed by atoms with Crippen LogP contribution in [0.4, 0.5) is 0 Å². The number of ether oxygens (including phenoxy) is 1. The number of hydrogen-bond acceptors (Lipinski definition) is 2. The van der Waals surface area contributed by atoms with Crippen LogP contribution in [0.2, 0.25) is 0 Å². The van der Waals surface area contributed by atoms with Gasteiger partial charge in [0.05, 0.1) is 11.2 Å². The molecular weight excluding hydrogens is 174 g/mol. The summed E-state index contributed by atoms with van der Waals surface area (Å²) in [5.74, 6) is 0. The van der Waals surface area contributed by atoms with Crippen molar-refractivity contribution in [3.8, 4) is 0 Å². The Labute approximate surface area is 87.4 Å². The van der Waals surface area contributed by atoms with Crippen molar-refractivity contribution in [3.63, 3.8) is 0 Å². The van der Waals surface area contributed by atoms with Gasteiger partial charge in [-0.2, -0.15) is 0 Å². The molecule has 2 heterocycles. The average molecular weight is 197 g/mol. The van der Waals surface area contributed by atoms with E-state index < -0.39 is 0 Å². The third kappa shape index (κ3) is 1.31. The van der Waals surface area contributed by atoms with Gasteiger partial charge in [-0.05, 0) is 54.4 Å². The van der Waals surface area contributed by atoms with E-state index in [1.165, 1.54) is 6.42 Å². The summed E-state index contributed by atoms with van der Waals surface area (Å²) in [4.78, 5) is 0.